The summed E-state index contributed by atoms with van der Waals surface area (Å²) in [5, 5.41) is 21.3. The van der Waals surface area contributed by atoms with Crippen LogP contribution in [-0.4, -0.2) is 16.4 Å². The van der Waals surface area contributed by atoms with Crippen LogP contribution in [0.3, 0.4) is 0 Å². The van der Waals surface area contributed by atoms with E-state index in [0.717, 1.165) is 55.2 Å². The molecule has 2 amide bonds. The Kier molecular flexibility index (Phi) is 8.82. The number of aromatic nitrogens is 1. The summed E-state index contributed by atoms with van der Waals surface area (Å²) in [6, 6.07) is 56.8. The molecule has 1 aliphatic heterocycles. The van der Waals surface area contributed by atoms with Gasteiger partial charge in [0, 0.05) is 27.5 Å². The fourth-order valence-electron chi connectivity index (χ4n) is 8.67. The molecule has 0 unspecified atom stereocenters. The molecule has 0 saturated heterocycles. The fourth-order valence-corrected chi connectivity index (χ4v) is 8.67. The number of fused-ring (bicyclic) bond motifs is 4. The molecule has 8 nitrogen and oxygen atoms in total. The Labute approximate surface area is 356 Å². The molecule has 0 N–H and O–H groups in total. The molecule has 2 heterocycles. The quantitative estimate of drug-likeness (QED) is 0.124. The monoisotopic (exact) mass is 792 g/mol. The van der Waals surface area contributed by atoms with Gasteiger partial charge in [-0.25, -0.2) is 14.6 Å². The van der Waals surface area contributed by atoms with Crippen LogP contribution < -0.4 is 4.90 Å². The van der Waals surface area contributed by atoms with Gasteiger partial charge in [-0.1, -0.05) is 109 Å². The number of anilines is 1. The highest BCUT2D eigenvalue weighted by atomic mass is 16.2. The second kappa shape index (κ2) is 14.8. The van der Waals surface area contributed by atoms with Gasteiger partial charge in [-0.2, -0.15) is 10.5 Å². The topological polar surface area (TPSA) is 98.6 Å². The van der Waals surface area contributed by atoms with E-state index in [1.165, 1.54) is 4.90 Å². The summed E-state index contributed by atoms with van der Waals surface area (Å²) in [5.74, 6) is -0.886. The first-order valence-corrected chi connectivity index (χ1v) is 19.6. The first kappa shape index (κ1) is 37.0. The third kappa shape index (κ3) is 5.81. The van der Waals surface area contributed by atoms with Crippen molar-refractivity contribution in [2.45, 2.75) is 0 Å². The number of nitrogens with zero attached hydrogens (tertiary/aromatic N) is 6. The molecule has 1 aromatic heterocycles. The Morgan fingerprint density at radius 3 is 1.74 bits per heavy atom. The van der Waals surface area contributed by atoms with E-state index in [-0.39, 0.29) is 11.1 Å². The molecule has 0 radical (unpaired) electrons. The van der Waals surface area contributed by atoms with E-state index in [1.807, 2.05) is 126 Å². The Morgan fingerprint density at radius 2 is 1.10 bits per heavy atom. The van der Waals surface area contributed by atoms with Crippen molar-refractivity contribution in [3.05, 3.63) is 215 Å². The average molecular weight is 793 g/mol. The number of carbonyl (C=O) groups is 2. The van der Waals surface area contributed by atoms with E-state index >= 15 is 4.79 Å². The molecule has 10 rings (SSSR count). The van der Waals surface area contributed by atoms with Gasteiger partial charge in [0.1, 0.15) is 0 Å². The molecule has 8 aromatic carbocycles. The van der Waals surface area contributed by atoms with Crippen LogP contribution >= 0.6 is 0 Å². The molecule has 1 aliphatic rings. The molecule has 0 bridgehead atoms. The van der Waals surface area contributed by atoms with Crippen LogP contribution in [0.5, 0.6) is 0 Å². The zero-order valence-corrected chi connectivity index (χ0v) is 32.7. The summed E-state index contributed by atoms with van der Waals surface area (Å²) in [7, 11) is 0. The van der Waals surface area contributed by atoms with Gasteiger partial charge in [0.25, 0.3) is 11.8 Å². The molecule has 0 saturated carbocycles. The van der Waals surface area contributed by atoms with Crippen LogP contribution in [0.2, 0.25) is 0 Å². The van der Waals surface area contributed by atoms with Crippen LogP contribution in [-0.2, 0) is 0 Å². The Balaban J connectivity index is 1.20. The molecular formula is C54H28N6O2. The number of benzene rings is 8. The third-order valence-corrected chi connectivity index (χ3v) is 11.5. The summed E-state index contributed by atoms with van der Waals surface area (Å²) < 4.78 is 1.99. The summed E-state index contributed by atoms with van der Waals surface area (Å²) in [4.78, 5) is 38.4. The summed E-state index contributed by atoms with van der Waals surface area (Å²) in [6.07, 6.45) is 0. The van der Waals surface area contributed by atoms with E-state index in [2.05, 4.69) is 21.8 Å². The van der Waals surface area contributed by atoms with Crippen molar-refractivity contribution >= 4 is 50.7 Å². The molecule has 0 atom stereocenters. The molecular weight excluding hydrogens is 765 g/mol. The summed E-state index contributed by atoms with van der Waals surface area (Å²) >= 11 is 0. The van der Waals surface area contributed by atoms with Gasteiger partial charge in [0.2, 0.25) is 0 Å². The normalized spacial score (nSPS) is 11.8. The average Bonchev–Trinajstić information content (AvgIpc) is 3.80. The van der Waals surface area contributed by atoms with Crippen molar-refractivity contribution in [1.29, 1.82) is 10.5 Å². The highest BCUT2D eigenvalue weighted by Crippen LogP contribution is 2.45. The van der Waals surface area contributed by atoms with Crippen LogP contribution in [0, 0.1) is 35.8 Å². The lowest BCUT2D eigenvalue weighted by Crippen LogP contribution is -2.30. The van der Waals surface area contributed by atoms with Crippen molar-refractivity contribution in [2.24, 2.45) is 0 Å². The number of nitriles is 2. The lowest BCUT2D eigenvalue weighted by Gasteiger charge is -2.22. The minimum atomic E-state index is -0.455. The number of hydrogen-bond donors (Lipinski definition) is 0. The van der Waals surface area contributed by atoms with Gasteiger partial charge in [0.05, 0.1) is 58.8 Å². The van der Waals surface area contributed by atoms with Crippen LogP contribution in [0.1, 0.15) is 31.8 Å². The highest BCUT2D eigenvalue weighted by Gasteiger charge is 2.41. The zero-order chi connectivity index (χ0) is 42.5. The van der Waals surface area contributed by atoms with E-state index < -0.39 is 11.8 Å². The van der Waals surface area contributed by atoms with Gasteiger partial charge >= 0.3 is 0 Å². The van der Waals surface area contributed by atoms with E-state index in [1.54, 1.807) is 48.5 Å². The number of carbonyl (C=O) groups excluding carboxylic acids is 2. The van der Waals surface area contributed by atoms with Gasteiger partial charge < -0.3 is 4.57 Å². The van der Waals surface area contributed by atoms with Gasteiger partial charge in [-0.3, -0.25) is 9.59 Å². The largest absolute Gasteiger partial charge is 0.308 e. The lowest BCUT2D eigenvalue weighted by molar-refractivity contribution is 0.0926. The van der Waals surface area contributed by atoms with E-state index in [0.29, 0.717) is 45.0 Å². The smallest absolute Gasteiger partial charge is 0.268 e. The van der Waals surface area contributed by atoms with Gasteiger partial charge in [-0.15, -0.1) is 0 Å². The maximum Gasteiger partial charge on any atom is 0.268 e. The second-order valence-corrected chi connectivity index (χ2v) is 14.8. The number of amides is 2. The molecule has 0 aliphatic carbocycles. The van der Waals surface area contributed by atoms with Crippen molar-refractivity contribution < 1.29 is 9.59 Å². The first-order chi connectivity index (χ1) is 30.4. The molecule has 0 fully saturated rings. The molecule has 62 heavy (non-hydrogen) atoms. The van der Waals surface area contributed by atoms with Crippen LogP contribution in [0.15, 0.2) is 170 Å². The fraction of sp³-hybridized carbons (Fsp3) is 0. The van der Waals surface area contributed by atoms with Crippen molar-refractivity contribution in [2.75, 3.05) is 4.90 Å². The van der Waals surface area contributed by atoms with Crippen molar-refractivity contribution in [1.82, 2.24) is 4.57 Å². The predicted molar refractivity (Wildman–Crippen MR) is 242 cm³/mol. The van der Waals surface area contributed by atoms with Crippen LogP contribution in [0.4, 0.5) is 17.1 Å². The standard InChI is InChI=1S/C54H28N6O2/c1-57-39-22-24-40(38(28-39)32-56)36-20-25-47-44(29-36)45-30-37(41-23-19-33(31-55)27-46(41)58-2)21-26-48(45)59(47)50-18-10-16-43-52(50)54(62)60(53(43)61)49-17-9-15-42(34-11-5-3-6-12-34)51(49)35-13-7-4-8-14-35/h3-30H. The number of imide groups is 1. The molecule has 8 heteroatoms. The maximum absolute atomic E-state index is 15.1. The van der Waals surface area contributed by atoms with E-state index in [4.69, 9.17) is 13.1 Å². The molecule has 9 aromatic rings. The Bertz CT molecular complexity index is 3430. The van der Waals surface area contributed by atoms with E-state index in [9.17, 15) is 15.3 Å². The first-order valence-electron chi connectivity index (χ1n) is 19.6. The van der Waals surface area contributed by atoms with Gasteiger partial charge in [-0.05, 0) is 99.6 Å². The predicted octanol–water partition coefficient (Wildman–Crippen LogP) is 13.1. The van der Waals surface area contributed by atoms with Gasteiger partial charge in [0.15, 0.2) is 11.4 Å². The van der Waals surface area contributed by atoms with Crippen molar-refractivity contribution in [3.63, 3.8) is 0 Å². The van der Waals surface area contributed by atoms with Crippen LogP contribution in [0.25, 0.3) is 81.7 Å². The minimum Gasteiger partial charge on any atom is -0.308 e. The Hall–Kier alpha value is -9.34. The summed E-state index contributed by atoms with van der Waals surface area (Å²) in [6.45, 7) is 15.4. The lowest BCUT2D eigenvalue weighted by atomic mass is 9.92. The maximum atomic E-state index is 15.1. The highest BCUT2D eigenvalue weighted by molar-refractivity contribution is 6.37. The summed E-state index contributed by atoms with van der Waals surface area (Å²) in [5.41, 5.74) is 10.7. The SMILES string of the molecule is [C-]#[N+]c1ccc(-c2ccc3c(c2)c2cc(-c4ccc(C#N)cc4[N+]#[C-])ccc2n3-c2cccc3c2C(=O)N(c2cccc(-c4ccccc4)c2-c2ccccc2)C3=O)c(C#N)c1. The Morgan fingerprint density at radius 1 is 0.468 bits per heavy atom. The van der Waals surface area contributed by atoms with Crippen molar-refractivity contribution in [3.8, 4) is 62.3 Å². The number of hydrogen-bond acceptors (Lipinski definition) is 4. The second-order valence-electron chi connectivity index (χ2n) is 14.8. The number of rotatable bonds is 6. The molecule has 0 spiro atoms. The molecule has 286 valence electrons. The zero-order valence-electron chi connectivity index (χ0n) is 32.7. The third-order valence-electron chi connectivity index (χ3n) is 11.5. The minimum absolute atomic E-state index is 0.262.